The number of hydrogen-bond acceptors (Lipinski definition) is 4. The SMILES string of the molecule is O=C(c1ccc(-c2ccccc2F)s1)N1CCCN(S(=O)(=O)c2ccc(F)cc2)CC1. The van der Waals surface area contributed by atoms with Gasteiger partial charge in [0.2, 0.25) is 10.0 Å². The molecular formula is C22H20F2N2O3S2. The summed E-state index contributed by atoms with van der Waals surface area (Å²) in [5.74, 6) is -1.05. The maximum absolute atomic E-state index is 14.0. The van der Waals surface area contributed by atoms with Crippen LogP contribution in [0.1, 0.15) is 16.1 Å². The lowest BCUT2D eigenvalue weighted by atomic mass is 10.2. The van der Waals surface area contributed by atoms with Gasteiger partial charge in [-0.1, -0.05) is 18.2 Å². The molecule has 0 bridgehead atoms. The van der Waals surface area contributed by atoms with E-state index in [-0.39, 0.29) is 36.3 Å². The quantitative estimate of drug-likeness (QED) is 0.583. The lowest BCUT2D eigenvalue weighted by molar-refractivity contribution is 0.0769. The van der Waals surface area contributed by atoms with Crippen LogP contribution in [-0.4, -0.2) is 49.7 Å². The van der Waals surface area contributed by atoms with Crippen LogP contribution in [0.4, 0.5) is 8.78 Å². The molecule has 0 radical (unpaired) electrons. The number of amides is 1. The first-order valence-electron chi connectivity index (χ1n) is 9.76. The van der Waals surface area contributed by atoms with Gasteiger partial charge >= 0.3 is 0 Å². The third kappa shape index (κ3) is 4.53. The minimum absolute atomic E-state index is 0.0291. The molecule has 0 spiro atoms. The lowest BCUT2D eigenvalue weighted by Crippen LogP contribution is -2.37. The summed E-state index contributed by atoms with van der Waals surface area (Å²) in [6.45, 7) is 1.08. The van der Waals surface area contributed by atoms with E-state index < -0.39 is 15.8 Å². The maximum Gasteiger partial charge on any atom is 0.263 e. The van der Waals surface area contributed by atoms with Gasteiger partial charge in [-0.05, 0) is 48.9 Å². The van der Waals surface area contributed by atoms with Crippen LogP contribution in [-0.2, 0) is 10.0 Å². The second kappa shape index (κ2) is 8.86. The van der Waals surface area contributed by atoms with Crippen molar-refractivity contribution in [1.29, 1.82) is 0 Å². The normalized spacial score (nSPS) is 15.6. The number of carbonyl (C=O) groups excluding carboxylic acids is 1. The van der Waals surface area contributed by atoms with E-state index in [1.807, 2.05) is 0 Å². The summed E-state index contributed by atoms with van der Waals surface area (Å²) >= 11 is 1.21. The van der Waals surface area contributed by atoms with Crippen molar-refractivity contribution in [2.75, 3.05) is 26.2 Å². The van der Waals surface area contributed by atoms with E-state index in [1.165, 1.54) is 33.8 Å². The largest absolute Gasteiger partial charge is 0.337 e. The second-order valence-corrected chi connectivity index (χ2v) is 10.2. The van der Waals surface area contributed by atoms with E-state index in [4.69, 9.17) is 0 Å². The van der Waals surface area contributed by atoms with Gasteiger partial charge < -0.3 is 4.90 Å². The number of benzene rings is 2. The maximum atomic E-state index is 14.0. The summed E-state index contributed by atoms with van der Waals surface area (Å²) in [7, 11) is -3.76. The molecule has 1 saturated heterocycles. The topological polar surface area (TPSA) is 57.7 Å². The molecule has 1 amide bonds. The van der Waals surface area contributed by atoms with Gasteiger partial charge in [-0.25, -0.2) is 17.2 Å². The summed E-state index contributed by atoms with van der Waals surface area (Å²) in [6.07, 6.45) is 0.484. The molecule has 31 heavy (non-hydrogen) atoms. The molecule has 0 N–H and O–H groups in total. The standard InChI is InChI=1S/C22H20F2N2O3S2/c23-16-6-8-17(9-7-16)31(28,29)26-13-3-12-25(14-15-26)22(27)21-11-10-20(30-21)18-4-1-2-5-19(18)24/h1-2,4-11H,3,12-15H2. The molecular weight excluding hydrogens is 442 g/mol. The average Bonchev–Trinajstić information content (AvgIpc) is 3.10. The predicted molar refractivity (Wildman–Crippen MR) is 115 cm³/mol. The van der Waals surface area contributed by atoms with Crippen LogP contribution in [0.15, 0.2) is 65.6 Å². The molecule has 5 nitrogen and oxygen atoms in total. The molecule has 4 rings (SSSR count). The number of halogens is 2. The zero-order valence-electron chi connectivity index (χ0n) is 16.5. The molecule has 2 heterocycles. The van der Waals surface area contributed by atoms with Crippen LogP contribution < -0.4 is 0 Å². The lowest BCUT2D eigenvalue weighted by Gasteiger charge is -2.21. The second-order valence-electron chi connectivity index (χ2n) is 7.15. The van der Waals surface area contributed by atoms with Gasteiger partial charge in [0.25, 0.3) is 5.91 Å². The van der Waals surface area contributed by atoms with Crippen LogP contribution in [0.25, 0.3) is 10.4 Å². The molecule has 1 aliphatic rings. The fraction of sp³-hybridized carbons (Fsp3) is 0.227. The Balaban J connectivity index is 1.47. The zero-order valence-corrected chi connectivity index (χ0v) is 18.1. The molecule has 1 aliphatic heterocycles. The summed E-state index contributed by atoms with van der Waals surface area (Å²) in [6, 6.07) is 14.5. The van der Waals surface area contributed by atoms with Crippen molar-refractivity contribution in [3.05, 3.63) is 77.2 Å². The summed E-state index contributed by atoms with van der Waals surface area (Å²) in [5.41, 5.74) is 0.444. The van der Waals surface area contributed by atoms with Crippen LogP contribution in [0, 0.1) is 11.6 Å². The highest BCUT2D eigenvalue weighted by Gasteiger charge is 2.29. The highest BCUT2D eigenvalue weighted by molar-refractivity contribution is 7.89. The minimum Gasteiger partial charge on any atom is -0.337 e. The Bertz CT molecular complexity index is 1190. The van der Waals surface area contributed by atoms with Gasteiger partial charge in [-0.2, -0.15) is 4.31 Å². The number of thiophene rings is 1. The molecule has 9 heteroatoms. The first kappa shape index (κ1) is 21.6. The predicted octanol–water partition coefficient (Wildman–Crippen LogP) is 4.23. The van der Waals surface area contributed by atoms with Gasteiger partial charge in [0, 0.05) is 36.6 Å². The summed E-state index contributed by atoms with van der Waals surface area (Å²) < 4.78 is 54.2. The zero-order chi connectivity index (χ0) is 22.0. The monoisotopic (exact) mass is 462 g/mol. The number of nitrogens with zero attached hydrogens (tertiary/aromatic N) is 2. The number of sulfonamides is 1. The fourth-order valence-electron chi connectivity index (χ4n) is 3.51. The number of rotatable bonds is 4. The van der Waals surface area contributed by atoms with Crippen LogP contribution in [0.2, 0.25) is 0 Å². The van der Waals surface area contributed by atoms with Crippen molar-refractivity contribution >= 4 is 27.3 Å². The van der Waals surface area contributed by atoms with Crippen molar-refractivity contribution in [1.82, 2.24) is 9.21 Å². The highest BCUT2D eigenvalue weighted by Crippen LogP contribution is 2.31. The third-order valence-electron chi connectivity index (χ3n) is 5.15. The molecule has 162 valence electrons. The van der Waals surface area contributed by atoms with Crippen molar-refractivity contribution in [2.45, 2.75) is 11.3 Å². The van der Waals surface area contributed by atoms with Crippen LogP contribution in [0.3, 0.4) is 0 Å². The minimum atomic E-state index is -3.76. The molecule has 0 saturated carbocycles. The molecule has 1 aromatic heterocycles. The molecule has 0 aliphatic carbocycles. The molecule has 1 fully saturated rings. The third-order valence-corrected chi connectivity index (χ3v) is 8.17. The average molecular weight is 463 g/mol. The fourth-order valence-corrected chi connectivity index (χ4v) is 5.98. The van der Waals surface area contributed by atoms with Crippen molar-refractivity contribution in [3.63, 3.8) is 0 Å². The molecule has 0 atom stereocenters. The number of hydrogen-bond donors (Lipinski definition) is 0. The Hall–Kier alpha value is -2.62. The Morgan fingerprint density at radius 3 is 2.35 bits per heavy atom. The smallest absolute Gasteiger partial charge is 0.263 e. The first-order valence-corrected chi connectivity index (χ1v) is 12.0. The van der Waals surface area contributed by atoms with Crippen molar-refractivity contribution in [2.24, 2.45) is 0 Å². The summed E-state index contributed by atoms with van der Waals surface area (Å²) in [5, 5.41) is 0. The van der Waals surface area contributed by atoms with Crippen LogP contribution in [0.5, 0.6) is 0 Å². The summed E-state index contributed by atoms with van der Waals surface area (Å²) in [4.78, 5) is 15.8. The molecule has 0 unspecified atom stereocenters. The molecule has 3 aromatic rings. The van der Waals surface area contributed by atoms with Gasteiger partial charge in [0.1, 0.15) is 11.6 Å². The van der Waals surface area contributed by atoms with Crippen molar-refractivity contribution in [3.8, 4) is 10.4 Å². The Kier molecular flexibility index (Phi) is 6.17. The van der Waals surface area contributed by atoms with Gasteiger partial charge in [0.15, 0.2) is 0 Å². The highest BCUT2D eigenvalue weighted by atomic mass is 32.2. The van der Waals surface area contributed by atoms with Crippen molar-refractivity contribution < 1.29 is 22.0 Å². The first-order chi connectivity index (χ1) is 14.9. The van der Waals surface area contributed by atoms with Gasteiger partial charge in [-0.3, -0.25) is 4.79 Å². The Morgan fingerprint density at radius 2 is 1.61 bits per heavy atom. The Labute approximate surface area is 183 Å². The van der Waals surface area contributed by atoms with Gasteiger partial charge in [0.05, 0.1) is 9.77 Å². The van der Waals surface area contributed by atoms with E-state index >= 15 is 0 Å². The van der Waals surface area contributed by atoms with E-state index in [0.717, 1.165) is 12.1 Å². The Morgan fingerprint density at radius 1 is 0.871 bits per heavy atom. The van der Waals surface area contributed by atoms with E-state index in [2.05, 4.69) is 0 Å². The van der Waals surface area contributed by atoms with E-state index in [1.54, 1.807) is 35.2 Å². The van der Waals surface area contributed by atoms with Gasteiger partial charge in [-0.15, -0.1) is 11.3 Å². The van der Waals surface area contributed by atoms with E-state index in [0.29, 0.717) is 28.3 Å². The number of carbonyl (C=O) groups is 1. The van der Waals surface area contributed by atoms with Crippen LogP contribution >= 0.6 is 11.3 Å². The molecule has 2 aromatic carbocycles. The van der Waals surface area contributed by atoms with E-state index in [9.17, 15) is 22.0 Å².